The molecule has 0 aliphatic heterocycles. The Morgan fingerprint density at radius 2 is 1.29 bits per heavy atom. The van der Waals surface area contributed by atoms with E-state index in [0.29, 0.717) is 6.42 Å². The van der Waals surface area contributed by atoms with Crippen molar-refractivity contribution in [3.05, 3.63) is 6.92 Å². The topological polar surface area (TPSA) is 29.1 Å². The fourth-order valence-electron chi connectivity index (χ4n) is 2.29. The lowest BCUT2D eigenvalue weighted by Crippen LogP contribution is -2.37. The van der Waals surface area contributed by atoms with Crippen LogP contribution in [0.5, 0.6) is 0 Å². The fourth-order valence-corrected chi connectivity index (χ4v) is 2.29. The summed E-state index contributed by atoms with van der Waals surface area (Å²) >= 11 is 0. The average molecular weight is 358 g/mol. The van der Waals surface area contributed by atoms with E-state index in [0.717, 1.165) is 32.1 Å². The zero-order valence-corrected chi connectivity index (χ0v) is 14.2. The summed E-state index contributed by atoms with van der Waals surface area (Å²) in [6, 6.07) is 0. The molecule has 0 bridgehead atoms. The molecule has 0 aliphatic rings. The number of hydrogen-bond acceptors (Lipinski definition) is 1. The standard InChI is InChI=1S/C17H29F5NO/c1-2-3-4-5-6-7-8-9-10-12-15(24)23-14-11-13-16(18,19)17(20,21)22/h1-14H2,(H,23,24). The van der Waals surface area contributed by atoms with Gasteiger partial charge in [-0.2, -0.15) is 22.0 Å². The van der Waals surface area contributed by atoms with E-state index in [1.807, 2.05) is 0 Å². The average Bonchev–Trinajstić information content (AvgIpc) is 2.49. The van der Waals surface area contributed by atoms with Crippen LogP contribution in [0.25, 0.3) is 0 Å². The lowest BCUT2D eigenvalue weighted by Gasteiger charge is -2.19. The van der Waals surface area contributed by atoms with Crippen LogP contribution in [0.15, 0.2) is 0 Å². The Labute approximate surface area is 141 Å². The molecule has 0 saturated heterocycles. The van der Waals surface area contributed by atoms with Gasteiger partial charge in [-0.15, -0.1) is 0 Å². The van der Waals surface area contributed by atoms with E-state index < -0.39 is 24.9 Å². The van der Waals surface area contributed by atoms with Crippen molar-refractivity contribution in [3.8, 4) is 0 Å². The number of carbonyl (C=O) groups is 1. The van der Waals surface area contributed by atoms with E-state index in [4.69, 9.17) is 0 Å². The Morgan fingerprint density at radius 3 is 1.79 bits per heavy atom. The highest BCUT2D eigenvalue weighted by Crippen LogP contribution is 2.38. The van der Waals surface area contributed by atoms with Crippen LogP contribution in [0, 0.1) is 6.92 Å². The van der Waals surface area contributed by atoms with Crippen molar-refractivity contribution in [2.45, 2.75) is 89.1 Å². The Morgan fingerprint density at radius 1 is 0.792 bits per heavy atom. The molecule has 24 heavy (non-hydrogen) atoms. The minimum atomic E-state index is -5.52. The first kappa shape index (κ1) is 23.1. The lowest BCUT2D eigenvalue weighted by molar-refractivity contribution is -0.284. The molecule has 0 rings (SSSR count). The van der Waals surface area contributed by atoms with Crippen LogP contribution in [0.1, 0.15) is 77.0 Å². The van der Waals surface area contributed by atoms with Gasteiger partial charge in [-0.25, -0.2) is 0 Å². The molecule has 1 amide bonds. The van der Waals surface area contributed by atoms with Gasteiger partial charge in [0.25, 0.3) is 0 Å². The van der Waals surface area contributed by atoms with Crippen molar-refractivity contribution in [2.24, 2.45) is 0 Å². The van der Waals surface area contributed by atoms with Crippen molar-refractivity contribution < 1.29 is 26.7 Å². The summed E-state index contributed by atoms with van der Waals surface area (Å²) in [4.78, 5) is 11.4. The van der Waals surface area contributed by atoms with Crippen molar-refractivity contribution in [1.29, 1.82) is 0 Å². The van der Waals surface area contributed by atoms with Gasteiger partial charge in [-0.1, -0.05) is 58.3 Å². The number of alkyl halides is 5. The third kappa shape index (κ3) is 11.6. The van der Waals surface area contributed by atoms with E-state index in [-0.39, 0.29) is 18.9 Å². The van der Waals surface area contributed by atoms with Crippen molar-refractivity contribution in [2.75, 3.05) is 6.54 Å². The zero-order valence-electron chi connectivity index (χ0n) is 14.2. The second kappa shape index (κ2) is 12.5. The highest BCUT2D eigenvalue weighted by Gasteiger charge is 2.56. The third-order valence-corrected chi connectivity index (χ3v) is 3.81. The molecule has 7 heteroatoms. The molecule has 0 fully saturated rings. The zero-order chi connectivity index (χ0) is 18.5. The summed E-state index contributed by atoms with van der Waals surface area (Å²) in [6.45, 7) is 3.63. The lowest BCUT2D eigenvalue weighted by atomic mass is 10.1. The van der Waals surface area contributed by atoms with E-state index in [1.165, 1.54) is 19.3 Å². The number of rotatable bonds is 14. The van der Waals surface area contributed by atoms with E-state index >= 15 is 0 Å². The molecule has 143 valence electrons. The van der Waals surface area contributed by atoms with Gasteiger partial charge in [0.1, 0.15) is 0 Å². The Hall–Kier alpha value is -0.880. The van der Waals surface area contributed by atoms with Gasteiger partial charge < -0.3 is 5.32 Å². The molecular formula is C17H29F5NO. The molecule has 0 aliphatic carbocycles. The summed E-state index contributed by atoms with van der Waals surface area (Å²) in [5.74, 6) is -4.98. The highest BCUT2D eigenvalue weighted by molar-refractivity contribution is 5.75. The van der Waals surface area contributed by atoms with Crippen molar-refractivity contribution >= 4 is 5.91 Å². The van der Waals surface area contributed by atoms with Gasteiger partial charge in [-0.05, 0) is 12.8 Å². The molecule has 0 spiro atoms. The molecule has 0 aromatic carbocycles. The van der Waals surface area contributed by atoms with Crippen LogP contribution in [-0.2, 0) is 4.79 Å². The smallest absolute Gasteiger partial charge is 0.356 e. The van der Waals surface area contributed by atoms with Crippen LogP contribution in [0.4, 0.5) is 22.0 Å². The van der Waals surface area contributed by atoms with Gasteiger partial charge in [0.2, 0.25) is 5.91 Å². The van der Waals surface area contributed by atoms with Crippen molar-refractivity contribution in [1.82, 2.24) is 5.32 Å². The summed E-state index contributed by atoms with van der Waals surface area (Å²) in [6.07, 6.45) is 2.62. The predicted molar refractivity (Wildman–Crippen MR) is 84.8 cm³/mol. The molecule has 0 aromatic rings. The number of hydrogen-bond donors (Lipinski definition) is 1. The molecule has 0 aromatic heterocycles. The quantitative estimate of drug-likeness (QED) is 0.308. The second-order valence-electron chi connectivity index (χ2n) is 6.09. The minimum Gasteiger partial charge on any atom is -0.356 e. The van der Waals surface area contributed by atoms with E-state index in [2.05, 4.69) is 12.2 Å². The van der Waals surface area contributed by atoms with Crippen molar-refractivity contribution in [3.63, 3.8) is 0 Å². The Balaban J connectivity index is 3.48. The molecule has 0 unspecified atom stereocenters. The van der Waals surface area contributed by atoms with Gasteiger partial charge in [-0.3, -0.25) is 4.79 Å². The van der Waals surface area contributed by atoms with Crippen LogP contribution < -0.4 is 5.32 Å². The number of halogens is 5. The number of amides is 1. The van der Waals surface area contributed by atoms with E-state index in [1.54, 1.807) is 0 Å². The maximum atomic E-state index is 12.6. The van der Waals surface area contributed by atoms with Crippen LogP contribution in [0.3, 0.4) is 0 Å². The fraction of sp³-hybridized carbons (Fsp3) is 0.882. The molecular weight excluding hydrogens is 329 g/mol. The number of unbranched alkanes of at least 4 members (excludes halogenated alkanes) is 8. The Kier molecular flexibility index (Phi) is 12.0. The summed E-state index contributed by atoms with van der Waals surface area (Å²) in [5, 5.41) is 2.39. The van der Waals surface area contributed by atoms with Crippen LogP contribution in [-0.4, -0.2) is 24.6 Å². The molecule has 0 saturated carbocycles. The second-order valence-corrected chi connectivity index (χ2v) is 6.09. The molecule has 1 radical (unpaired) electrons. The largest absolute Gasteiger partial charge is 0.453 e. The maximum Gasteiger partial charge on any atom is 0.453 e. The monoisotopic (exact) mass is 358 g/mol. The van der Waals surface area contributed by atoms with Gasteiger partial charge in [0, 0.05) is 19.4 Å². The molecule has 0 atom stereocenters. The summed E-state index contributed by atoms with van der Waals surface area (Å²) < 4.78 is 61.1. The first-order valence-electron chi connectivity index (χ1n) is 8.71. The molecule has 1 N–H and O–H groups in total. The minimum absolute atomic E-state index is 0.156. The first-order chi connectivity index (χ1) is 11.2. The Bertz CT molecular complexity index is 331. The predicted octanol–water partition coefficient (Wildman–Crippen LogP) is 5.82. The third-order valence-electron chi connectivity index (χ3n) is 3.81. The summed E-state index contributed by atoms with van der Waals surface area (Å²) in [7, 11) is 0. The molecule has 2 nitrogen and oxygen atoms in total. The normalized spacial score (nSPS) is 12.4. The first-order valence-corrected chi connectivity index (χ1v) is 8.71. The maximum absolute atomic E-state index is 12.6. The number of carbonyl (C=O) groups excluding carboxylic acids is 1. The summed E-state index contributed by atoms with van der Waals surface area (Å²) in [5.41, 5.74) is 0. The van der Waals surface area contributed by atoms with E-state index in [9.17, 15) is 26.7 Å². The van der Waals surface area contributed by atoms with Crippen LogP contribution in [0.2, 0.25) is 0 Å². The number of nitrogens with one attached hydrogen (secondary N) is 1. The van der Waals surface area contributed by atoms with Crippen LogP contribution >= 0.6 is 0 Å². The highest BCUT2D eigenvalue weighted by atomic mass is 19.4. The van der Waals surface area contributed by atoms with Gasteiger partial charge in [0.05, 0.1) is 0 Å². The SMILES string of the molecule is [CH2]CCCCCCCCCCC(=O)NCCCC(F)(F)C(F)(F)F. The van der Waals surface area contributed by atoms with Gasteiger partial charge >= 0.3 is 12.1 Å². The molecule has 0 heterocycles. The van der Waals surface area contributed by atoms with Gasteiger partial charge in [0.15, 0.2) is 0 Å².